The highest BCUT2D eigenvalue weighted by Crippen LogP contribution is 2.27. The summed E-state index contributed by atoms with van der Waals surface area (Å²) < 4.78 is 6.51. The van der Waals surface area contributed by atoms with Gasteiger partial charge in [-0.3, -0.25) is 4.79 Å². The molecular formula is C22H24N8O2. The lowest BCUT2D eigenvalue weighted by Crippen LogP contribution is -2.44. The molecular weight excluding hydrogens is 408 g/mol. The number of hydrogen-bond acceptors (Lipinski definition) is 8. The monoisotopic (exact) mass is 432 g/mol. The van der Waals surface area contributed by atoms with Crippen molar-refractivity contribution in [3.05, 3.63) is 48.5 Å². The third-order valence-corrected chi connectivity index (χ3v) is 5.68. The lowest BCUT2D eigenvalue weighted by molar-refractivity contribution is -0.116. The largest absolute Gasteiger partial charge is 0.379 e. The molecule has 4 aromatic rings. The minimum atomic E-state index is -0.181. The molecule has 3 heterocycles. The molecule has 1 saturated heterocycles. The average molecular weight is 432 g/mol. The van der Waals surface area contributed by atoms with Crippen molar-refractivity contribution < 1.29 is 9.42 Å². The molecule has 10 nitrogen and oxygen atoms in total. The van der Waals surface area contributed by atoms with Gasteiger partial charge >= 0.3 is 0 Å². The molecule has 1 aliphatic rings. The Labute approximate surface area is 184 Å². The quantitative estimate of drug-likeness (QED) is 0.492. The normalized spacial score (nSPS) is 14.7. The molecule has 0 saturated carbocycles. The molecule has 2 aromatic carbocycles. The molecule has 0 radical (unpaired) electrons. The summed E-state index contributed by atoms with van der Waals surface area (Å²) in [7, 11) is 2.13. The molecule has 0 unspecified atom stereocenters. The number of aromatic nitrogens is 4. The number of anilines is 3. The van der Waals surface area contributed by atoms with Crippen molar-refractivity contribution >= 4 is 34.1 Å². The molecule has 1 aliphatic heterocycles. The van der Waals surface area contributed by atoms with Gasteiger partial charge in [-0.15, -0.1) is 0 Å². The van der Waals surface area contributed by atoms with Gasteiger partial charge < -0.3 is 25.4 Å². The maximum Gasteiger partial charge on any atom is 0.244 e. The number of piperazine rings is 1. The SMILES string of the molecule is CN1CCN(c2cccc(NC(=O)Cn3c(-c4nonc4N)nc4ccccc43)c2)CC1. The molecule has 0 bridgehead atoms. The fourth-order valence-corrected chi connectivity index (χ4v) is 3.96. The Morgan fingerprint density at radius 3 is 2.69 bits per heavy atom. The molecule has 0 atom stereocenters. The van der Waals surface area contributed by atoms with E-state index in [0.717, 1.165) is 48.6 Å². The minimum Gasteiger partial charge on any atom is -0.379 e. The number of nitrogen functional groups attached to an aromatic ring is 1. The summed E-state index contributed by atoms with van der Waals surface area (Å²) in [6.07, 6.45) is 0. The van der Waals surface area contributed by atoms with Crippen molar-refractivity contribution in [2.24, 2.45) is 0 Å². The number of carbonyl (C=O) groups excluding carboxylic acids is 1. The van der Waals surface area contributed by atoms with E-state index < -0.39 is 0 Å². The summed E-state index contributed by atoms with van der Waals surface area (Å²) >= 11 is 0. The van der Waals surface area contributed by atoms with Crippen molar-refractivity contribution in [3.8, 4) is 11.5 Å². The van der Waals surface area contributed by atoms with E-state index >= 15 is 0 Å². The van der Waals surface area contributed by atoms with Crippen LogP contribution in [0.2, 0.25) is 0 Å². The molecule has 2 aromatic heterocycles. The van der Waals surface area contributed by atoms with E-state index in [9.17, 15) is 4.79 Å². The topological polar surface area (TPSA) is 118 Å². The summed E-state index contributed by atoms with van der Waals surface area (Å²) in [5, 5.41) is 10.5. The van der Waals surface area contributed by atoms with Gasteiger partial charge in [0.1, 0.15) is 6.54 Å². The van der Waals surface area contributed by atoms with Crippen LogP contribution in [-0.2, 0) is 11.3 Å². The predicted molar refractivity (Wildman–Crippen MR) is 122 cm³/mol. The van der Waals surface area contributed by atoms with Gasteiger partial charge in [-0.05, 0) is 47.7 Å². The number of rotatable bonds is 5. The van der Waals surface area contributed by atoms with Crippen LogP contribution in [0.25, 0.3) is 22.6 Å². The minimum absolute atomic E-state index is 0.0425. The lowest BCUT2D eigenvalue weighted by Gasteiger charge is -2.34. The molecule has 1 amide bonds. The zero-order valence-electron chi connectivity index (χ0n) is 17.7. The van der Waals surface area contributed by atoms with Crippen LogP contribution in [0.3, 0.4) is 0 Å². The number of nitrogens with two attached hydrogens (primary N) is 1. The van der Waals surface area contributed by atoms with Crippen LogP contribution >= 0.6 is 0 Å². The number of carbonyl (C=O) groups is 1. The summed E-state index contributed by atoms with van der Waals surface area (Å²) in [5.74, 6) is 0.382. The third-order valence-electron chi connectivity index (χ3n) is 5.68. The van der Waals surface area contributed by atoms with Gasteiger partial charge in [0.2, 0.25) is 5.91 Å². The Morgan fingerprint density at radius 2 is 1.91 bits per heavy atom. The van der Waals surface area contributed by atoms with Crippen molar-refractivity contribution in [2.45, 2.75) is 6.54 Å². The van der Waals surface area contributed by atoms with E-state index in [0.29, 0.717) is 11.5 Å². The van der Waals surface area contributed by atoms with Crippen LogP contribution in [0, 0.1) is 0 Å². The van der Waals surface area contributed by atoms with E-state index in [4.69, 9.17) is 10.4 Å². The molecule has 0 spiro atoms. The first-order valence-electron chi connectivity index (χ1n) is 10.5. The molecule has 32 heavy (non-hydrogen) atoms. The molecule has 5 rings (SSSR count). The van der Waals surface area contributed by atoms with Crippen molar-refractivity contribution in [1.29, 1.82) is 0 Å². The maximum absolute atomic E-state index is 13.0. The number of para-hydroxylation sites is 2. The van der Waals surface area contributed by atoms with Crippen LogP contribution in [-0.4, -0.2) is 63.9 Å². The van der Waals surface area contributed by atoms with Crippen LogP contribution in [0.15, 0.2) is 53.2 Å². The van der Waals surface area contributed by atoms with Crippen molar-refractivity contribution in [2.75, 3.05) is 49.2 Å². The number of likely N-dealkylation sites (N-methyl/N-ethyl adjacent to an activating group) is 1. The molecule has 3 N–H and O–H groups in total. The lowest BCUT2D eigenvalue weighted by atomic mass is 10.2. The van der Waals surface area contributed by atoms with Gasteiger partial charge in [-0.2, -0.15) is 0 Å². The van der Waals surface area contributed by atoms with Gasteiger partial charge in [0.05, 0.1) is 11.0 Å². The van der Waals surface area contributed by atoms with Crippen LogP contribution in [0.4, 0.5) is 17.2 Å². The second-order valence-corrected chi connectivity index (χ2v) is 7.90. The standard InChI is InChI=1S/C22H24N8O2/c1-28-9-11-29(12-10-28)16-6-4-5-15(13-16)24-19(31)14-30-18-8-3-2-7-17(18)25-22(30)20-21(23)27-32-26-20/h2-8,13H,9-12,14H2,1H3,(H2,23,27)(H,24,31). The smallest absolute Gasteiger partial charge is 0.244 e. The van der Waals surface area contributed by atoms with E-state index in [1.807, 2.05) is 42.5 Å². The second kappa shape index (κ2) is 8.31. The Balaban J connectivity index is 1.38. The molecule has 1 fully saturated rings. The number of nitrogens with one attached hydrogen (secondary N) is 1. The molecule has 0 aliphatic carbocycles. The zero-order valence-corrected chi connectivity index (χ0v) is 17.7. The fourth-order valence-electron chi connectivity index (χ4n) is 3.96. The van der Waals surface area contributed by atoms with Crippen molar-refractivity contribution in [1.82, 2.24) is 24.8 Å². The Kier molecular flexibility index (Phi) is 5.20. The summed E-state index contributed by atoms with van der Waals surface area (Å²) in [5.41, 5.74) is 9.58. The van der Waals surface area contributed by atoms with E-state index in [1.54, 1.807) is 4.57 Å². The average Bonchev–Trinajstić information content (AvgIpc) is 3.37. The fraction of sp³-hybridized carbons (Fsp3) is 0.273. The van der Waals surface area contributed by atoms with Gasteiger partial charge in [-0.1, -0.05) is 18.2 Å². The Morgan fingerprint density at radius 1 is 1.09 bits per heavy atom. The Bertz CT molecular complexity index is 1260. The predicted octanol–water partition coefficient (Wildman–Crippen LogP) is 2.06. The number of amides is 1. The van der Waals surface area contributed by atoms with Crippen LogP contribution < -0.4 is 16.0 Å². The summed E-state index contributed by atoms with van der Waals surface area (Å²) in [6.45, 7) is 4.01. The summed E-state index contributed by atoms with van der Waals surface area (Å²) in [4.78, 5) is 22.2. The van der Waals surface area contributed by atoms with Gasteiger partial charge in [-0.25, -0.2) is 9.61 Å². The highest BCUT2D eigenvalue weighted by molar-refractivity contribution is 5.93. The van der Waals surface area contributed by atoms with E-state index in [1.165, 1.54) is 0 Å². The number of fused-ring (bicyclic) bond motifs is 1. The van der Waals surface area contributed by atoms with E-state index in [2.05, 4.69) is 43.5 Å². The van der Waals surface area contributed by atoms with Crippen LogP contribution in [0.1, 0.15) is 0 Å². The number of benzene rings is 2. The van der Waals surface area contributed by atoms with Gasteiger partial charge in [0.25, 0.3) is 0 Å². The summed E-state index contributed by atoms with van der Waals surface area (Å²) in [6, 6.07) is 15.5. The zero-order chi connectivity index (χ0) is 22.1. The first-order chi connectivity index (χ1) is 15.6. The first kappa shape index (κ1) is 20.0. The Hall–Kier alpha value is -3.92. The first-order valence-corrected chi connectivity index (χ1v) is 10.5. The maximum atomic E-state index is 13.0. The van der Waals surface area contributed by atoms with Gasteiger partial charge in [0, 0.05) is 37.6 Å². The van der Waals surface area contributed by atoms with Crippen molar-refractivity contribution in [3.63, 3.8) is 0 Å². The number of hydrogen-bond donors (Lipinski definition) is 2. The highest BCUT2D eigenvalue weighted by atomic mass is 16.6. The number of imidazole rings is 1. The van der Waals surface area contributed by atoms with Gasteiger partial charge in [0.15, 0.2) is 17.3 Å². The molecule has 10 heteroatoms. The molecule has 164 valence electrons. The third kappa shape index (κ3) is 3.87. The second-order valence-electron chi connectivity index (χ2n) is 7.90. The highest BCUT2D eigenvalue weighted by Gasteiger charge is 2.21. The van der Waals surface area contributed by atoms with E-state index in [-0.39, 0.29) is 18.3 Å². The van der Waals surface area contributed by atoms with Crippen LogP contribution in [0.5, 0.6) is 0 Å². The number of nitrogens with zero attached hydrogens (tertiary/aromatic N) is 6.